The molecular formula is C23H27ClN4O3. The van der Waals surface area contributed by atoms with E-state index in [0.29, 0.717) is 30.2 Å². The first kappa shape index (κ1) is 21.5. The number of amides is 1. The summed E-state index contributed by atoms with van der Waals surface area (Å²) in [6, 6.07) is 14.1. The third-order valence-electron chi connectivity index (χ3n) is 6.39. The summed E-state index contributed by atoms with van der Waals surface area (Å²) in [7, 11) is 3.86. The summed E-state index contributed by atoms with van der Waals surface area (Å²) in [5, 5.41) is 4.19. The van der Waals surface area contributed by atoms with Crippen LogP contribution in [0.5, 0.6) is 5.75 Å². The molecule has 4 heterocycles. The third-order valence-corrected chi connectivity index (χ3v) is 6.39. The van der Waals surface area contributed by atoms with Gasteiger partial charge in [-0.3, -0.25) is 14.4 Å². The number of furan rings is 1. The minimum absolute atomic E-state index is 0. The minimum atomic E-state index is -0.0211. The number of fused-ring (bicyclic) bond motifs is 1. The highest BCUT2D eigenvalue weighted by Gasteiger charge is 2.47. The number of benzene rings is 1. The maximum atomic E-state index is 13.1. The van der Waals surface area contributed by atoms with Gasteiger partial charge in [0.2, 0.25) is 0 Å². The van der Waals surface area contributed by atoms with Crippen LogP contribution in [-0.2, 0) is 6.54 Å². The number of halogens is 1. The number of carbonyl (C=O) groups excluding carboxylic acids is 1. The molecule has 164 valence electrons. The highest BCUT2D eigenvalue weighted by Crippen LogP contribution is 2.44. The van der Waals surface area contributed by atoms with Gasteiger partial charge in [-0.15, -0.1) is 12.4 Å². The molecule has 0 spiro atoms. The van der Waals surface area contributed by atoms with Crippen molar-refractivity contribution in [2.24, 2.45) is 11.8 Å². The monoisotopic (exact) mass is 442 g/mol. The van der Waals surface area contributed by atoms with Crippen LogP contribution in [0.1, 0.15) is 27.9 Å². The van der Waals surface area contributed by atoms with Gasteiger partial charge in [0, 0.05) is 44.0 Å². The molecule has 0 bridgehead atoms. The number of ether oxygens (including phenoxy) is 1. The number of rotatable bonds is 5. The molecule has 31 heavy (non-hydrogen) atoms. The number of aromatic nitrogens is 2. The van der Waals surface area contributed by atoms with E-state index in [1.54, 1.807) is 24.1 Å². The van der Waals surface area contributed by atoms with E-state index in [1.165, 1.54) is 5.56 Å². The van der Waals surface area contributed by atoms with Crippen molar-refractivity contribution in [3.05, 3.63) is 71.9 Å². The molecule has 0 radical (unpaired) electrons. The molecule has 0 unspecified atom stereocenters. The van der Waals surface area contributed by atoms with Crippen molar-refractivity contribution in [2.75, 3.05) is 33.8 Å². The third kappa shape index (κ3) is 4.07. The molecule has 7 nitrogen and oxygen atoms in total. The topological polar surface area (TPSA) is 63.7 Å². The average Bonchev–Trinajstić information content (AvgIpc) is 3.53. The lowest BCUT2D eigenvalue weighted by Gasteiger charge is -2.26. The summed E-state index contributed by atoms with van der Waals surface area (Å²) in [6.45, 7) is 3.04. The molecule has 3 atom stereocenters. The summed E-state index contributed by atoms with van der Waals surface area (Å²) >= 11 is 0. The van der Waals surface area contributed by atoms with Crippen molar-refractivity contribution < 1.29 is 13.9 Å². The smallest absolute Gasteiger partial charge is 0.289 e. The lowest BCUT2D eigenvalue weighted by Crippen LogP contribution is -2.33. The molecular weight excluding hydrogens is 416 g/mol. The summed E-state index contributed by atoms with van der Waals surface area (Å²) < 4.78 is 12.9. The normalized spacial score (nSPS) is 22.9. The van der Waals surface area contributed by atoms with Crippen molar-refractivity contribution in [1.82, 2.24) is 19.6 Å². The Morgan fingerprint density at radius 1 is 1.16 bits per heavy atom. The summed E-state index contributed by atoms with van der Waals surface area (Å²) in [5.41, 5.74) is 1.28. The first-order valence-electron chi connectivity index (χ1n) is 10.3. The first-order chi connectivity index (χ1) is 14.6. The van der Waals surface area contributed by atoms with Crippen LogP contribution in [-0.4, -0.2) is 59.3 Å². The van der Waals surface area contributed by atoms with Crippen molar-refractivity contribution >= 4 is 18.3 Å². The first-order valence-corrected chi connectivity index (χ1v) is 10.3. The van der Waals surface area contributed by atoms with Crippen LogP contribution in [0.25, 0.3) is 0 Å². The minimum Gasteiger partial charge on any atom is -0.497 e. The number of nitrogens with zero attached hydrogens (tertiary/aromatic N) is 4. The second-order valence-electron chi connectivity index (χ2n) is 8.26. The van der Waals surface area contributed by atoms with Gasteiger partial charge in [0.05, 0.1) is 13.7 Å². The molecule has 8 heteroatoms. The second kappa shape index (κ2) is 8.77. The predicted octanol–water partition coefficient (Wildman–Crippen LogP) is 3.33. The van der Waals surface area contributed by atoms with Gasteiger partial charge in [-0.2, -0.15) is 5.10 Å². The maximum absolute atomic E-state index is 13.1. The largest absolute Gasteiger partial charge is 0.497 e. The van der Waals surface area contributed by atoms with Crippen LogP contribution in [0.4, 0.5) is 0 Å². The SMILES string of the molecule is COc1ccc([C@H]2[C@@H]3CN(C(=O)c4ccc(Cn5cccn5)o4)C[C@@H]3CN2C)cc1.Cl. The number of methoxy groups -OCH3 is 1. The van der Waals surface area contributed by atoms with Crippen LogP contribution in [0, 0.1) is 11.8 Å². The zero-order chi connectivity index (χ0) is 20.7. The lowest BCUT2D eigenvalue weighted by molar-refractivity contribution is 0.0734. The Morgan fingerprint density at radius 2 is 1.97 bits per heavy atom. The van der Waals surface area contributed by atoms with E-state index >= 15 is 0 Å². The zero-order valence-electron chi connectivity index (χ0n) is 17.7. The average molecular weight is 443 g/mol. The number of likely N-dealkylation sites (tertiary alicyclic amines) is 2. The molecule has 1 amide bonds. The Kier molecular flexibility index (Phi) is 6.07. The zero-order valence-corrected chi connectivity index (χ0v) is 18.5. The number of carbonyl (C=O) groups is 1. The highest BCUT2D eigenvalue weighted by molar-refractivity contribution is 5.91. The number of hydrogen-bond donors (Lipinski definition) is 0. The fraction of sp³-hybridized carbons (Fsp3) is 0.391. The van der Waals surface area contributed by atoms with Gasteiger partial charge in [-0.05, 0) is 48.9 Å². The predicted molar refractivity (Wildman–Crippen MR) is 119 cm³/mol. The molecule has 0 N–H and O–H groups in total. The van der Waals surface area contributed by atoms with Crippen LogP contribution >= 0.6 is 12.4 Å². The van der Waals surface area contributed by atoms with E-state index in [4.69, 9.17) is 9.15 Å². The van der Waals surface area contributed by atoms with E-state index in [2.05, 4.69) is 29.2 Å². The Labute approximate surface area is 188 Å². The van der Waals surface area contributed by atoms with Crippen LogP contribution in [0.2, 0.25) is 0 Å². The van der Waals surface area contributed by atoms with Crippen molar-refractivity contribution in [3.63, 3.8) is 0 Å². The quantitative estimate of drug-likeness (QED) is 0.606. The van der Waals surface area contributed by atoms with Crippen LogP contribution in [0.3, 0.4) is 0 Å². The van der Waals surface area contributed by atoms with Gasteiger partial charge in [0.15, 0.2) is 5.76 Å². The Balaban J connectivity index is 0.00000231. The molecule has 3 aromatic rings. The molecule has 2 fully saturated rings. The van der Waals surface area contributed by atoms with Gasteiger partial charge < -0.3 is 14.1 Å². The van der Waals surface area contributed by atoms with Gasteiger partial charge in [-0.1, -0.05) is 12.1 Å². The second-order valence-corrected chi connectivity index (χ2v) is 8.26. The molecule has 0 aliphatic carbocycles. The Hall–Kier alpha value is -2.77. The molecule has 0 saturated carbocycles. The van der Waals surface area contributed by atoms with E-state index in [0.717, 1.165) is 31.1 Å². The molecule has 2 aromatic heterocycles. The lowest BCUT2D eigenvalue weighted by atomic mass is 9.89. The van der Waals surface area contributed by atoms with E-state index in [9.17, 15) is 4.79 Å². The maximum Gasteiger partial charge on any atom is 0.289 e. The fourth-order valence-electron chi connectivity index (χ4n) is 5.01. The van der Waals surface area contributed by atoms with Gasteiger partial charge in [0.25, 0.3) is 5.91 Å². The summed E-state index contributed by atoms with van der Waals surface area (Å²) in [5.74, 6) is 2.88. The highest BCUT2D eigenvalue weighted by atomic mass is 35.5. The molecule has 5 rings (SSSR count). The van der Waals surface area contributed by atoms with E-state index in [-0.39, 0.29) is 18.3 Å². The molecule has 2 saturated heterocycles. The van der Waals surface area contributed by atoms with Crippen LogP contribution in [0.15, 0.2) is 59.3 Å². The van der Waals surface area contributed by atoms with Crippen molar-refractivity contribution in [2.45, 2.75) is 12.6 Å². The molecule has 1 aromatic carbocycles. The van der Waals surface area contributed by atoms with Gasteiger partial charge in [-0.25, -0.2) is 0 Å². The Morgan fingerprint density at radius 3 is 2.68 bits per heavy atom. The van der Waals surface area contributed by atoms with Gasteiger partial charge in [0.1, 0.15) is 11.5 Å². The van der Waals surface area contributed by atoms with E-state index < -0.39 is 0 Å². The van der Waals surface area contributed by atoms with E-state index in [1.807, 2.05) is 35.4 Å². The summed E-state index contributed by atoms with van der Waals surface area (Å²) in [4.78, 5) is 17.4. The molecule has 2 aliphatic rings. The van der Waals surface area contributed by atoms with Crippen molar-refractivity contribution in [3.8, 4) is 5.75 Å². The summed E-state index contributed by atoms with van der Waals surface area (Å²) in [6.07, 6.45) is 3.61. The standard InChI is InChI=1S/C23H26N4O3.ClH/c1-25-12-17-13-26(15-20(17)22(25)16-4-6-18(29-2)7-5-16)23(28)21-9-8-19(30-21)14-27-11-3-10-24-27;/h3-11,17,20,22H,12-15H2,1-2H3;1H/t17-,20+,22-;/m0./s1. The Bertz CT molecular complexity index is 1020. The fourth-order valence-corrected chi connectivity index (χ4v) is 5.01. The van der Waals surface area contributed by atoms with Gasteiger partial charge >= 0.3 is 0 Å². The number of hydrogen-bond acceptors (Lipinski definition) is 5. The molecule has 2 aliphatic heterocycles. The van der Waals surface area contributed by atoms with Crippen LogP contribution < -0.4 is 4.74 Å². The van der Waals surface area contributed by atoms with Crippen molar-refractivity contribution in [1.29, 1.82) is 0 Å².